The van der Waals surface area contributed by atoms with Crippen LogP contribution >= 0.6 is 0 Å². The molecule has 2 nitrogen and oxygen atoms in total. The first-order valence-electron chi connectivity index (χ1n) is 6.15. The smallest absolute Gasteiger partial charge is 0.0608 e. The van der Waals surface area contributed by atoms with Gasteiger partial charge in [0.25, 0.3) is 0 Å². The normalized spacial score (nSPS) is 28.5. The van der Waals surface area contributed by atoms with Gasteiger partial charge in [0.1, 0.15) is 0 Å². The maximum absolute atomic E-state index is 5.90. The van der Waals surface area contributed by atoms with Gasteiger partial charge in [0.2, 0.25) is 0 Å². The Morgan fingerprint density at radius 2 is 2.00 bits per heavy atom. The lowest BCUT2D eigenvalue weighted by Gasteiger charge is -2.37. The summed E-state index contributed by atoms with van der Waals surface area (Å²) in [5.41, 5.74) is 0. The summed E-state index contributed by atoms with van der Waals surface area (Å²) >= 11 is 0. The number of hydrogen-bond donors (Lipinski definition) is 1. The molecule has 1 aliphatic carbocycles. The fourth-order valence-corrected chi connectivity index (χ4v) is 1.99. The number of rotatable bonds is 7. The molecule has 84 valence electrons. The maximum Gasteiger partial charge on any atom is 0.0608 e. The zero-order chi connectivity index (χ0) is 10.4. The summed E-state index contributed by atoms with van der Waals surface area (Å²) in [5.74, 6) is 0. The van der Waals surface area contributed by atoms with Crippen molar-refractivity contribution in [3.63, 3.8) is 0 Å². The van der Waals surface area contributed by atoms with Gasteiger partial charge in [-0.2, -0.15) is 0 Å². The first-order valence-corrected chi connectivity index (χ1v) is 6.15. The monoisotopic (exact) mass is 199 g/mol. The highest BCUT2D eigenvalue weighted by atomic mass is 16.5. The van der Waals surface area contributed by atoms with Crippen molar-refractivity contribution < 1.29 is 4.74 Å². The van der Waals surface area contributed by atoms with Crippen LogP contribution in [-0.2, 0) is 4.74 Å². The van der Waals surface area contributed by atoms with Gasteiger partial charge in [-0.25, -0.2) is 0 Å². The highest BCUT2D eigenvalue weighted by Crippen LogP contribution is 2.25. The summed E-state index contributed by atoms with van der Waals surface area (Å²) in [6, 6.07) is 0.730. The van der Waals surface area contributed by atoms with Crippen molar-refractivity contribution in [3.8, 4) is 0 Å². The molecule has 1 unspecified atom stereocenters. The molecule has 1 rings (SSSR count). The molecule has 14 heavy (non-hydrogen) atoms. The second-order valence-electron chi connectivity index (χ2n) is 4.48. The third-order valence-corrected chi connectivity index (χ3v) is 2.90. The van der Waals surface area contributed by atoms with Gasteiger partial charge in [0.15, 0.2) is 0 Å². The molecule has 0 spiro atoms. The van der Waals surface area contributed by atoms with Gasteiger partial charge >= 0.3 is 0 Å². The molecule has 1 N–H and O–H groups in total. The average Bonchev–Trinajstić information content (AvgIpc) is 2.09. The van der Waals surface area contributed by atoms with Crippen LogP contribution in [0.25, 0.3) is 0 Å². The van der Waals surface area contributed by atoms with Crippen molar-refractivity contribution in [2.75, 3.05) is 6.54 Å². The van der Waals surface area contributed by atoms with E-state index in [-0.39, 0.29) is 0 Å². The number of nitrogens with one attached hydrogen (secondary N) is 1. The molecule has 0 amide bonds. The summed E-state index contributed by atoms with van der Waals surface area (Å²) in [7, 11) is 0. The predicted octanol–water partition coefficient (Wildman–Crippen LogP) is 2.72. The molecule has 2 heteroatoms. The lowest BCUT2D eigenvalue weighted by atomic mass is 9.89. The molecule has 1 fully saturated rings. The molecule has 0 bridgehead atoms. The van der Waals surface area contributed by atoms with Gasteiger partial charge in [-0.3, -0.25) is 0 Å². The molecule has 1 saturated carbocycles. The van der Waals surface area contributed by atoms with Crippen molar-refractivity contribution >= 4 is 0 Å². The van der Waals surface area contributed by atoms with E-state index in [0.29, 0.717) is 12.2 Å². The van der Waals surface area contributed by atoms with E-state index < -0.39 is 0 Å². The number of ether oxygens (including phenoxy) is 1. The summed E-state index contributed by atoms with van der Waals surface area (Å²) in [4.78, 5) is 0. The Morgan fingerprint density at radius 1 is 1.29 bits per heavy atom. The fraction of sp³-hybridized carbons (Fsp3) is 1.00. The minimum Gasteiger partial charge on any atom is -0.375 e. The topological polar surface area (TPSA) is 21.3 Å². The van der Waals surface area contributed by atoms with Crippen LogP contribution in [-0.4, -0.2) is 24.8 Å². The van der Waals surface area contributed by atoms with Gasteiger partial charge in [0.05, 0.1) is 12.2 Å². The van der Waals surface area contributed by atoms with Crippen LogP contribution in [0.3, 0.4) is 0 Å². The van der Waals surface area contributed by atoms with Crippen LogP contribution in [0.1, 0.15) is 52.9 Å². The van der Waals surface area contributed by atoms with E-state index in [9.17, 15) is 0 Å². The van der Waals surface area contributed by atoms with Crippen molar-refractivity contribution in [3.05, 3.63) is 0 Å². The molecule has 0 aliphatic heterocycles. The molecule has 0 aromatic heterocycles. The van der Waals surface area contributed by atoms with E-state index in [1.54, 1.807) is 0 Å². The molecule has 0 heterocycles. The molecular formula is C12H25NO. The van der Waals surface area contributed by atoms with E-state index in [1.165, 1.54) is 32.1 Å². The summed E-state index contributed by atoms with van der Waals surface area (Å²) < 4.78 is 5.90. The summed E-state index contributed by atoms with van der Waals surface area (Å²) in [6.07, 6.45) is 7.08. The Kier molecular flexibility index (Phi) is 5.49. The summed E-state index contributed by atoms with van der Waals surface area (Å²) in [5, 5.41) is 3.52. The largest absolute Gasteiger partial charge is 0.375 e. The van der Waals surface area contributed by atoms with Gasteiger partial charge in [-0.05, 0) is 39.2 Å². The van der Waals surface area contributed by atoms with Crippen molar-refractivity contribution in [1.29, 1.82) is 0 Å². The second-order valence-corrected chi connectivity index (χ2v) is 4.48. The van der Waals surface area contributed by atoms with Crippen molar-refractivity contribution in [1.82, 2.24) is 5.32 Å². The Labute approximate surface area is 88.4 Å². The molecule has 1 atom stereocenters. The summed E-state index contributed by atoms with van der Waals surface area (Å²) in [6.45, 7) is 7.77. The van der Waals surface area contributed by atoms with Crippen LogP contribution in [0.5, 0.6) is 0 Å². The molecule has 0 radical (unpaired) electrons. The van der Waals surface area contributed by atoms with Gasteiger partial charge in [-0.1, -0.05) is 20.3 Å². The Balaban J connectivity index is 1.98. The molecule has 0 aromatic rings. The Bertz CT molecular complexity index is 143. The molecule has 0 saturated heterocycles. The van der Waals surface area contributed by atoms with Gasteiger partial charge in [0, 0.05) is 6.04 Å². The minimum absolute atomic E-state index is 0.456. The lowest BCUT2D eigenvalue weighted by Crippen LogP contribution is -2.46. The molecular weight excluding hydrogens is 174 g/mol. The van der Waals surface area contributed by atoms with Crippen molar-refractivity contribution in [2.24, 2.45) is 0 Å². The first-order chi connectivity index (χ1) is 6.76. The van der Waals surface area contributed by atoms with Crippen LogP contribution in [0.2, 0.25) is 0 Å². The van der Waals surface area contributed by atoms with E-state index in [0.717, 1.165) is 12.6 Å². The molecule has 1 aliphatic rings. The maximum atomic E-state index is 5.90. The quantitative estimate of drug-likeness (QED) is 0.680. The Morgan fingerprint density at radius 3 is 2.57 bits per heavy atom. The lowest BCUT2D eigenvalue weighted by molar-refractivity contribution is -0.0597. The predicted molar refractivity (Wildman–Crippen MR) is 60.6 cm³/mol. The molecule has 0 aromatic carbocycles. The Hall–Kier alpha value is -0.0800. The number of hydrogen-bond acceptors (Lipinski definition) is 2. The minimum atomic E-state index is 0.456. The second kappa shape index (κ2) is 6.41. The van der Waals surface area contributed by atoms with Crippen LogP contribution < -0.4 is 5.32 Å². The third kappa shape index (κ3) is 3.97. The zero-order valence-electron chi connectivity index (χ0n) is 9.88. The van der Waals surface area contributed by atoms with E-state index in [4.69, 9.17) is 4.74 Å². The van der Waals surface area contributed by atoms with Crippen LogP contribution in [0.15, 0.2) is 0 Å². The van der Waals surface area contributed by atoms with Gasteiger partial charge in [-0.15, -0.1) is 0 Å². The van der Waals surface area contributed by atoms with Gasteiger partial charge < -0.3 is 10.1 Å². The van der Waals surface area contributed by atoms with Crippen LogP contribution in [0, 0.1) is 0 Å². The van der Waals surface area contributed by atoms with Crippen LogP contribution in [0.4, 0.5) is 0 Å². The third-order valence-electron chi connectivity index (χ3n) is 2.90. The zero-order valence-corrected chi connectivity index (χ0v) is 9.88. The highest BCUT2D eigenvalue weighted by Gasteiger charge is 2.30. The van der Waals surface area contributed by atoms with E-state index in [2.05, 4.69) is 26.1 Å². The first kappa shape index (κ1) is 12.0. The SMILES string of the molecule is CCCNC1CC(OC(C)CCC)C1. The van der Waals surface area contributed by atoms with E-state index in [1.807, 2.05) is 0 Å². The fourth-order valence-electron chi connectivity index (χ4n) is 1.99. The average molecular weight is 199 g/mol. The van der Waals surface area contributed by atoms with E-state index >= 15 is 0 Å². The standard InChI is InChI=1S/C12H25NO/c1-4-6-10(3)14-12-8-11(9-12)13-7-5-2/h10-13H,4-9H2,1-3H3. The van der Waals surface area contributed by atoms with Crippen molar-refractivity contribution in [2.45, 2.75) is 71.1 Å². The highest BCUT2D eigenvalue weighted by molar-refractivity contribution is 4.86.